The largest absolute Gasteiger partial charge is 0.306 e. The molecule has 0 saturated carbocycles. The summed E-state index contributed by atoms with van der Waals surface area (Å²) in [6.07, 6.45) is 1.21. The zero-order valence-electron chi connectivity index (χ0n) is 8.22. The fourth-order valence-electron chi connectivity index (χ4n) is 1.89. The van der Waals surface area contributed by atoms with Gasteiger partial charge in [0.15, 0.2) is 0 Å². The van der Waals surface area contributed by atoms with Crippen molar-refractivity contribution in [1.29, 1.82) is 0 Å². The van der Waals surface area contributed by atoms with E-state index in [0.29, 0.717) is 12.0 Å². The average molecular weight is 172 g/mol. The van der Waals surface area contributed by atoms with Crippen LogP contribution in [-0.2, 0) is 0 Å². The van der Waals surface area contributed by atoms with Crippen molar-refractivity contribution in [3.8, 4) is 0 Å². The Morgan fingerprint density at radius 2 is 1.92 bits per heavy atom. The number of rotatable bonds is 3. The molecule has 1 aliphatic rings. The molecule has 1 heterocycles. The van der Waals surface area contributed by atoms with E-state index in [0.717, 1.165) is 13.1 Å². The quantitative estimate of drug-likeness (QED) is 0.539. The molecule has 4 nitrogen and oxygen atoms in total. The minimum absolute atomic E-state index is 0.673. The highest BCUT2D eigenvalue weighted by molar-refractivity contribution is 4.79. The van der Waals surface area contributed by atoms with Crippen LogP contribution in [0.3, 0.4) is 0 Å². The van der Waals surface area contributed by atoms with Gasteiger partial charge in [0.05, 0.1) is 0 Å². The standard InChI is InChI=1S/C8H20N4/c1-4-8(12(2)3)7-5-9-11-10-6-7/h7-11H,4-6H2,1-3H3. The number of hydrazine groups is 2. The monoisotopic (exact) mass is 172 g/mol. The van der Waals surface area contributed by atoms with E-state index in [1.165, 1.54) is 6.42 Å². The van der Waals surface area contributed by atoms with Crippen molar-refractivity contribution in [1.82, 2.24) is 21.3 Å². The molecular weight excluding hydrogens is 152 g/mol. The van der Waals surface area contributed by atoms with Crippen molar-refractivity contribution >= 4 is 0 Å². The van der Waals surface area contributed by atoms with Gasteiger partial charge in [0.25, 0.3) is 0 Å². The number of hydrogen-bond acceptors (Lipinski definition) is 4. The lowest BCUT2D eigenvalue weighted by Crippen LogP contribution is -2.58. The summed E-state index contributed by atoms with van der Waals surface area (Å²) in [7, 11) is 4.30. The van der Waals surface area contributed by atoms with Crippen molar-refractivity contribution in [2.24, 2.45) is 5.92 Å². The van der Waals surface area contributed by atoms with E-state index in [1.807, 2.05) is 0 Å². The molecule has 0 aromatic carbocycles. The molecule has 1 unspecified atom stereocenters. The van der Waals surface area contributed by atoms with E-state index in [1.54, 1.807) is 0 Å². The van der Waals surface area contributed by atoms with E-state index in [4.69, 9.17) is 0 Å². The Kier molecular flexibility index (Phi) is 3.94. The summed E-state index contributed by atoms with van der Waals surface area (Å²) in [5, 5.41) is 0. The van der Waals surface area contributed by atoms with Crippen LogP contribution in [-0.4, -0.2) is 38.1 Å². The van der Waals surface area contributed by atoms with Crippen molar-refractivity contribution in [3.63, 3.8) is 0 Å². The average Bonchev–Trinajstić information content (AvgIpc) is 2.07. The molecule has 0 spiro atoms. The van der Waals surface area contributed by atoms with E-state index < -0.39 is 0 Å². The second-order valence-corrected chi connectivity index (χ2v) is 3.59. The third-order valence-electron chi connectivity index (χ3n) is 2.53. The maximum absolute atomic E-state index is 3.12. The highest BCUT2D eigenvalue weighted by Gasteiger charge is 2.23. The Morgan fingerprint density at radius 3 is 2.33 bits per heavy atom. The molecular formula is C8H20N4. The second kappa shape index (κ2) is 4.77. The van der Waals surface area contributed by atoms with Gasteiger partial charge in [0.2, 0.25) is 0 Å². The van der Waals surface area contributed by atoms with Crippen LogP contribution in [0.5, 0.6) is 0 Å². The van der Waals surface area contributed by atoms with Crippen LogP contribution in [0, 0.1) is 5.92 Å². The molecule has 0 aromatic heterocycles. The molecule has 0 amide bonds. The maximum Gasteiger partial charge on any atom is 0.0169 e. The van der Waals surface area contributed by atoms with Gasteiger partial charge in [0, 0.05) is 25.0 Å². The van der Waals surface area contributed by atoms with Gasteiger partial charge in [-0.1, -0.05) is 6.92 Å². The van der Waals surface area contributed by atoms with Crippen molar-refractivity contribution < 1.29 is 0 Å². The summed E-state index contributed by atoms with van der Waals surface area (Å²) in [6.45, 7) is 4.33. The van der Waals surface area contributed by atoms with Crippen LogP contribution < -0.4 is 16.4 Å². The van der Waals surface area contributed by atoms with E-state index >= 15 is 0 Å². The van der Waals surface area contributed by atoms with Gasteiger partial charge < -0.3 is 4.90 Å². The van der Waals surface area contributed by atoms with Crippen molar-refractivity contribution in [2.45, 2.75) is 19.4 Å². The fraction of sp³-hybridized carbons (Fsp3) is 1.00. The Labute approximate surface area is 74.6 Å². The van der Waals surface area contributed by atoms with E-state index in [9.17, 15) is 0 Å². The van der Waals surface area contributed by atoms with Gasteiger partial charge >= 0.3 is 0 Å². The molecule has 0 aliphatic carbocycles. The number of nitrogens with zero attached hydrogens (tertiary/aromatic N) is 1. The zero-order chi connectivity index (χ0) is 8.97. The predicted octanol–water partition coefficient (Wildman–Crippen LogP) is -0.445. The van der Waals surface area contributed by atoms with E-state index in [2.05, 4.69) is 42.3 Å². The minimum atomic E-state index is 0.673. The SMILES string of the molecule is CCC(C1CNNNC1)N(C)C. The number of hydrogen-bond donors (Lipinski definition) is 3. The molecule has 0 aromatic rings. The first-order valence-corrected chi connectivity index (χ1v) is 4.62. The number of nitrogens with one attached hydrogen (secondary N) is 3. The molecule has 12 heavy (non-hydrogen) atoms. The molecule has 1 fully saturated rings. The topological polar surface area (TPSA) is 39.3 Å². The Hall–Kier alpha value is -0.160. The lowest BCUT2D eigenvalue weighted by molar-refractivity contribution is 0.157. The van der Waals surface area contributed by atoms with Gasteiger partial charge in [-0.05, 0) is 20.5 Å². The van der Waals surface area contributed by atoms with Crippen LogP contribution in [0.15, 0.2) is 0 Å². The molecule has 1 rings (SSSR count). The van der Waals surface area contributed by atoms with Gasteiger partial charge in [-0.2, -0.15) is 5.53 Å². The predicted molar refractivity (Wildman–Crippen MR) is 50.4 cm³/mol. The lowest BCUT2D eigenvalue weighted by Gasteiger charge is -2.34. The molecule has 0 bridgehead atoms. The summed E-state index contributed by atoms with van der Waals surface area (Å²) in [6, 6.07) is 0.673. The van der Waals surface area contributed by atoms with Gasteiger partial charge in [0.1, 0.15) is 0 Å². The molecule has 1 aliphatic heterocycles. The van der Waals surface area contributed by atoms with Gasteiger partial charge in [-0.15, -0.1) is 0 Å². The zero-order valence-corrected chi connectivity index (χ0v) is 8.22. The first-order chi connectivity index (χ1) is 5.75. The van der Waals surface area contributed by atoms with Gasteiger partial charge in [-0.3, -0.25) is 0 Å². The molecule has 72 valence electrons. The summed E-state index contributed by atoms with van der Waals surface area (Å²) in [5.74, 6) is 0.700. The Morgan fingerprint density at radius 1 is 1.33 bits per heavy atom. The Bertz CT molecular complexity index is 120. The highest BCUT2D eigenvalue weighted by Crippen LogP contribution is 2.11. The second-order valence-electron chi connectivity index (χ2n) is 3.59. The van der Waals surface area contributed by atoms with Gasteiger partial charge in [-0.25, -0.2) is 10.9 Å². The summed E-state index contributed by atoms with van der Waals surface area (Å²) >= 11 is 0. The fourth-order valence-corrected chi connectivity index (χ4v) is 1.89. The third kappa shape index (κ3) is 2.42. The molecule has 3 N–H and O–H groups in total. The van der Waals surface area contributed by atoms with Crippen LogP contribution in [0.1, 0.15) is 13.3 Å². The third-order valence-corrected chi connectivity index (χ3v) is 2.53. The van der Waals surface area contributed by atoms with Crippen LogP contribution in [0.2, 0.25) is 0 Å². The van der Waals surface area contributed by atoms with Crippen LogP contribution in [0.4, 0.5) is 0 Å². The summed E-state index contributed by atoms with van der Waals surface area (Å²) in [5.41, 5.74) is 9.15. The first-order valence-electron chi connectivity index (χ1n) is 4.62. The minimum Gasteiger partial charge on any atom is -0.306 e. The summed E-state index contributed by atoms with van der Waals surface area (Å²) < 4.78 is 0. The van der Waals surface area contributed by atoms with E-state index in [-0.39, 0.29) is 0 Å². The normalized spacial score (nSPS) is 23.0. The molecule has 4 heteroatoms. The molecule has 1 atom stereocenters. The van der Waals surface area contributed by atoms with Crippen LogP contribution in [0.25, 0.3) is 0 Å². The molecule has 0 radical (unpaired) electrons. The Balaban J connectivity index is 2.40. The van der Waals surface area contributed by atoms with Crippen molar-refractivity contribution in [3.05, 3.63) is 0 Å². The molecule has 1 saturated heterocycles. The van der Waals surface area contributed by atoms with Crippen molar-refractivity contribution in [2.75, 3.05) is 27.2 Å². The smallest absolute Gasteiger partial charge is 0.0169 e. The summed E-state index contributed by atoms with van der Waals surface area (Å²) in [4.78, 5) is 2.30. The highest BCUT2D eigenvalue weighted by atomic mass is 15.6. The lowest BCUT2D eigenvalue weighted by atomic mass is 9.96. The first kappa shape index (κ1) is 9.92. The van der Waals surface area contributed by atoms with Crippen LogP contribution >= 0.6 is 0 Å². The maximum atomic E-state index is 3.12.